The molecule has 0 saturated carbocycles. The number of anilines is 2. The van der Waals surface area contributed by atoms with Gasteiger partial charge in [0.15, 0.2) is 5.16 Å². The second-order valence-corrected chi connectivity index (χ2v) is 9.87. The SMILES string of the molecule is Cc1ccc(NC(=O)CSc2nnc(N3CCC(C)CC3)n2CC2CCCO2)c(Cl)c1. The van der Waals surface area contributed by atoms with Crippen molar-refractivity contribution in [1.29, 1.82) is 0 Å². The van der Waals surface area contributed by atoms with Gasteiger partial charge in [0, 0.05) is 19.7 Å². The van der Waals surface area contributed by atoms with Crippen molar-refractivity contribution in [2.75, 3.05) is 35.7 Å². The summed E-state index contributed by atoms with van der Waals surface area (Å²) < 4.78 is 8.01. The van der Waals surface area contributed by atoms with Gasteiger partial charge in [-0.2, -0.15) is 0 Å². The maximum atomic E-state index is 12.5. The first-order chi connectivity index (χ1) is 15.0. The molecule has 1 aromatic heterocycles. The zero-order chi connectivity index (χ0) is 21.8. The average molecular weight is 464 g/mol. The van der Waals surface area contributed by atoms with Crippen molar-refractivity contribution in [3.63, 3.8) is 0 Å². The first-order valence-electron chi connectivity index (χ1n) is 11.0. The fourth-order valence-corrected chi connectivity index (χ4v) is 5.05. The fourth-order valence-electron chi connectivity index (χ4n) is 4.02. The topological polar surface area (TPSA) is 72.3 Å². The molecule has 1 atom stereocenters. The van der Waals surface area contributed by atoms with Crippen molar-refractivity contribution < 1.29 is 9.53 Å². The van der Waals surface area contributed by atoms with Crippen molar-refractivity contribution in [3.05, 3.63) is 28.8 Å². The number of piperidine rings is 1. The molecule has 31 heavy (non-hydrogen) atoms. The number of carbonyl (C=O) groups excluding carboxylic acids is 1. The maximum Gasteiger partial charge on any atom is 0.234 e. The lowest BCUT2D eigenvalue weighted by Crippen LogP contribution is -2.35. The maximum absolute atomic E-state index is 12.5. The number of hydrogen-bond donors (Lipinski definition) is 1. The van der Waals surface area contributed by atoms with Crippen molar-refractivity contribution in [1.82, 2.24) is 14.8 Å². The minimum atomic E-state index is -0.115. The van der Waals surface area contributed by atoms with Crippen LogP contribution in [0.4, 0.5) is 11.6 Å². The molecule has 9 heteroatoms. The first kappa shape index (κ1) is 22.4. The number of carbonyl (C=O) groups is 1. The van der Waals surface area contributed by atoms with E-state index in [2.05, 4.69) is 31.9 Å². The molecule has 2 aliphatic rings. The second kappa shape index (κ2) is 10.2. The average Bonchev–Trinajstić information content (AvgIpc) is 3.40. The summed E-state index contributed by atoms with van der Waals surface area (Å²) in [6, 6.07) is 5.60. The van der Waals surface area contributed by atoms with E-state index in [1.165, 1.54) is 11.8 Å². The van der Waals surface area contributed by atoms with Gasteiger partial charge in [-0.25, -0.2) is 0 Å². The van der Waals surface area contributed by atoms with Crippen LogP contribution in [0, 0.1) is 12.8 Å². The number of aromatic nitrogens is 3. The molecule has 4 rings (SSSR count). The van der Waals surface area contributed by atoms with Crippen LogP contribution in [0.15, 0.2) is 23.4 Å². The Morgan fingerprint density at radius 1 is 1.29 bits per heavy atom. The van der Waals surface area contributed by atoms with Gasteiger partial charge in [-0.15, -0.1) is 10.2 Å². The lowest BCUT2D eigenvalue weighted by atomic mass is 10.00. The van der Waals surface area contributed by atoms with E-state index < -0.39 is 0 Å². The summed E-state index contributed by atoms with van der Waals surface area (Å²) in [7, 11) is 0. The zero-order valence-electron chi connectivity index (χ0n) is 18.1. The largest absolute Gasteiger partial charge is 0.376 e. The Morgan fingerprint density at radius 2 is 2.10 bits per heavy atom. The second-order valence-electron chi connectivity index (χ2n) is 8.52. The van der Waals surface area contributed by atoms with Crippen molar-refractivity contribution in [2.45, 2.75) is 57.3 Å². The molecule has 0 aliphatic carbocycles. The molecule has 1 aromatic carbocycles. The van der Waals surface area contributed by atoms with E-state index in [9.17, 15) is 4.79 Å². The van der Waals surface area contributed by atoms with Crippen LogP contribution in [-0.2, 0) is 16.1 Å². The smallest absolute Gasteiger partial charge is 0.234 e. The molecule has 0 radical (unpaired) electrons. The van der Waals surface area contributed by atoms with Gasteiger partial charge in [0.25, 0.3) is 0 Å². The molecule has 0 bridgehead atoms. The summed E-state index contributed by atoms with van der Waals surface area (Å²) >= 11 is 7.65. The number of benzene rings is 1. The third-order valence-electron chi connectivity index (χ3n) is 5.91. The molecule has 2 saturated heterocycles. The highest BCUT2D eigenvalue weighted by molar-refractivity contribution is 7.99. The van der Waals surface area contributed by atoms with E-state index in [1.807, 2.05) is 25.1 Å². The Balaban J connectivity index is 1.44. The summed E-state index contributed by atoms with van der Waals surface area (Å²) in [5.41, 5.74) is 1.68. The fraction of sp³-hybridized carbons (Fsp3) is 0.591. The Labute approximate surface area is 192 Å². The number of halogens is 1. The van der Waals surface area contributed by atoms with Crippen molar-refractivity contribution in [3.8, 4) is 0 Å². The lowest BCUT2D eigenvalue weighted by Gasteiger charge is -2.31. The van der Waals surface area contributed by atoms with E-state index in [0.29, 0.717) is 10.7 Å². The lowest BCUT2D eigenvalue weighted by molar-refractivity contribution is -0.113. The van der Waals surface area contributed by atoms with E-state index in [0.717, 1.165) is 74.5 Å². The highest BCUT2D eigenvalue weighted by atomic mass is 35.5. The molecule has 7 nitrogen and oxygen atoms in total. The predicted molar refractivity (Wildman–Crippen MR) is 125 cm³/mol. The number of ether oxygens (including phenoxy) is 1. The van der Waals surface area contributed by atoms with Gasteiger partial charge in [0.2, 0.25) is 11.9 Å². The number of hydrogen-bond acceptors (Lipinski definition) is 6. The number of aryl methyl sites for hydroxylation is 1. The molecular weight excluding hydrogens is 434 g/mol. The first-order valence-corrected chi connectivity index (χ1v) is 12.3. The van der Waals surface area contributed by atoms with Gasteiger partial charge in [-0.1, -0.05) is 36.4 Å². The Hall–Kier alpha value is -1.77. The molecule has 2 aromatic rings. The number of rotatable bonds is 7. The minimum absolute atomic E-state index is 0.115. The third-order valence-corrected chi connectivity index (χ3v) is 7.18. The summed E-state index contributed by atoms with van der Waals surface area (Å²) in [6.45, 7) is 7.78. The molecule has 2 aliphatic heterocycles. The van der Waals surface area contributed by atoms with E-state index in [4.69, 9.17) is 16.3 Å². The van der Waals surface area contributed by atoms with Crippen LogP contribution in [0.3, 0.4) is 0 Å². The predicted octanol–water partition coefficient (Wildman–Crippen LogP) is 4.39. The van der Waals surface area contributed by atoms with Gasteiger partial charge in [0.05, 0.1) is 29.1 Å². The zero-order valence-corrected chi connectivity index (χ0v) is 19.7. The molecule has 1 unspecified atom stereocenters. The van der Waals surface area contributed by atoms with Crippen molar-refractivity contribution >= 4 is 40.9 Å². The summed E-state index contributed by atoms with van der Waals surface area (Å²) in [5, 5.41) is 13.1. The van der Waals surface area contributed by atoms with Crippen LogP contribution >= 0.6 is 23.4 Å². The quantitative estimate of drug-likeness (QED) is 0.614. The van der Waals surface area contributed by atoms with Crippen LogP contribution in [0.1, 0.15) is 38.2 Å². The monoisotopic (exact) mass is 463 g/mol. The molecule has 3 heterocycles. The summed E-state index contributed by atoms with van der Waals surface area (Å²) in [5.74, 6) is 1.77. The van der Waals surface area contributed by atoms with Crippen LogP contribution in [-0.4, -0.2) is 52.2 Å². The van der Waals surface area contributed by atoms with Crippen LogP contribution in [0.2, 0.25) is 5.02 Å². The molecular formula is C22H30ClN5O2S. The number of amides is 1. The Kier molecular flexibility index (Phi) is 7.40. The highest BCUT2D eigenvalue weighted by Gasteiger charge is 2.26. The summed E-state index contributed by atoms with van der Waals surface area (Å²) in [6.07, 6.45) is 4.64. The standard InChI is InChI=1S/C22H30ClN5O2S/c1-15-7-9-27(10-8-15)21-25-26-22(28(21)13-17-4-3-11-30-17)31-14-20(29)24-19-6-5-16(2)12-18(19)23/h5-6,12,15,17H,3-4,7-11,13-14H2,1-2H3,(H,24,29). The van der Waals surface area contributed by atoms with Crippen LogP contribution in [0.25, 0.3) is 0 Å². The van der Waals surface area contributed by atoms with E-state index in [1.54, 1.807) is 0 Å². The van der Waals surface area contributed by atoms with Gasteiger partial charge in [0.1, 0.15) is 0 Å². The molecule has 0 spiro atoms. The van der Waals surface area contributed by atoms with Gasteiger partial charge >= 0.3 is 0 Å². The molecule has 1 N–H and O–H groups in total. The van der Waals surface area contributed by atoms with E-state index >= 15 is 0 Å². The highest BCUT2D eigenvalue weighted by Crippen LogP contribution is 2.28. The van der Waals surface area contributed by atoms with Crippen molar-refractivity contribution in [2.24, 2.45) is 5.92 Å². The molecule has 2 fully saturated rings. The molecule has 168 valence electrons. The van der Waals surface area contributed by atoms with Gasteiger partial charge in [-0.3, -0.25) is 9.36 Å². The Morgan fingerprint density at radius 3 is 2.81 bits per heavy atom. The van der Waals surface area contributed by atoms with Crippen LogP contribution < -0.4 is 10.2 Å². The minimum Gasteiger partial charge on any atom is -0.376 e. The van der Waals surface area contributed by atoms with E-state index in [-0.39, 0.29) is 17.8 Å². The van der Waals surface area contributed by atoms with Crippen LogP contribution in [0.5, 0.6) is 0 Å². The van der Waals surface area contributed by atoms with Gasteiger partial charge < -0.3 is 15.0 Å². The molecule has 1 amide bonds. The van der Waals surface area contributed by atoms with Gasteiger partial charge in [-0.05, 0) is 56.2 Å². The number of nitrogens with zero attached hydrogens (tertiary/aromatic N) is 4. The summed E-state index contributed by atoms with van der Waals surface area (Å²) in [4.78, 5) is 14.9. The number of thioether (sulfide) groups is 1. The normalized spacial score (nSPS) is 19.7. The Bertz CT molecular complexity index is 907. The third kappa shape index (κ3) is 5.73. The number of nitrogens with one attached hydrogen (secondary N) is 1.